The van der Waals surface area contributed by atoms with E-state index in [2.05, 4.69) is 86.8 Å². The second-order valence-corrected chi connectivity index (χ2v) is 17.4. The Morgan fingerprint density at radius 3 is 1.36 bits per heavy atom. The molecule has 0 aromatic carbocycles. The Morgan fingerprint density at radius 2 is 0.869 bits per heavy atom. The highest BCUT2D eigenvalue weighted by Crippen LogP contribution is 2.13. The number of carbonyl (C=O) groups is 3. The average Bonchev–Trinajstić information content (AvgIpc) is 3.22. The topological polar surface area (TPSA) is 99.1 Å². The number of carboxylic acids is 1. The standard InChI is InChI=1S/C53H91NO7/c1-6-8-10-12-14-16-18-20-22-24-25-26-27-28-30-32-34-36-38-40-42-44-52(56)61-49(47-59-46-45-50(53(57)58)54(3,4)5)48-60-51(55)43-41-39-37-35-33-31-29-23-21-19-17-15-13-11-9-7-2/h14,16,20,22-23,25-26,28-30,34,36,49-50H,6-13,15,17-19,21,24,27,31-33,35,37-48H2,1-5H3/p+1/b16-14+,22-20+,26-25+,29-23+,30-28+,36-34+. The molecule has 0 radical (unpaired) electrons. The van der Waals surface area contributed by atoms with Crippen molar-refractivity contribution >= 4 is 17.9 Å². The summed E-state index contributed by atoms with van der Waals surface area (Å²) in [5.41, 5.74) is 0. The molecule has 0 spiro atoms. The first-order valence-electron chi connectivity index (χ1n) is 24.5. The Morgan fingerprint density at radius 1 is 0.492 bits per heavy atom. The molecule has 0 heterocycles. The van der Waals surface area contributed by atoms with Crippen LogP contribution in [0.25, 0.3) is 0 Å². The van der Waals surface area contributed by atoms with E-state index in [1.807, 2.05) is 21.1 Å². The minimum absolute atomic E-state index is 0.0379. The minimum atomic E-state index is -0.885. The van der Waals surface area contributed by atoms with Gasteiger partial charge in [-0.3, -0.25) is 9.59 Å². The summed E-state index contributed by atoms with van der Waals surface area (Å²) >= 11 is 0. The molecule has 0 rings (SSSR count). The van der Waals surface area contributed by atoms with Crippen LogP contribution < -0.4 is 0 Å². The number of esters is 2. The molecule has 0 bridgehead atoms. The van der Waals surface area contributed by atoms with Crippen molar-refractivity contribution in [3.8, 4) is 0 Å². The van der Waals surface area contributed by atoms with Crippen molar-refractivity contribution in [1.29, 1.82) is 0 Å². The third-order valence-corrected chi connectivity index (χ3v) is 10.6. The van der Waals surface area contributed by atoms with Crippen molar-refractivity contribution in [3.63, 3.8) is 0 Å². The van der Waals surface area contributed by atoms with E-state index in [1.165, 1.54) is 83.5 Å². The van der Waals surface area contributed by atoms with Gasteiger partial charge in [-0.1, -0.05) is 157 Å². The number of carbonyl (C=O) groups excluding carboxylic acids is 2. The third-order valence-electron chi connectivity index (χ3n) is 10.6. The van der Waals surface area contributed by atoms with Crippen molar-refractivity contribution in [3.05, 3.63) is 72.9 Å². The second-order valence-electron chi connectivity index (χ2n) is 17.4. The highest BCUT2D eigenvalue weighted by Gasteiger charge is 2.31. The molecule has 350 valence electrons. The molecule has 0 saturated carbocycles. The number of likely N-dealkylation sites (N-methyl/N-ethyl adjacent to an activating group) is 1. The lowest BCUT2D eigenvalue weighted by Crippen LogP contribution is -2.50. The molecule has 8 heteroatoms. The van der Waals surface area contributed by atoms with Crippen LogP contribution >= 0.6 is 0 Å². The first-order valence-corrected chi connectivity index (χ1v) is 24.5. The van der Waals surface area contributed by atoms with Gasteiger partial charge in [-0.25, -0.2) is 4.79 Å². The van der Waals surface area contributed by atoms with Crippen LogP contribution in [-0.4, -0.2) is 80.6 Å². The SMILES string of the molecule is CCCCC/C=C/C/C=C/C/C=C/C/C=C/C/C=C/CCCCC(=O)OC(COCCC(C(=O)O)[N+](C)(C)C)COC(=O)CCCCCCC/C=C/CCCCCCCCC. The summed E-state index contributed by atoms with van der Waals surface area (Å²) in [4.78, 5) is 37.1. The van der Waals surface area contributed by atoms with Gasteiger partial charge in [0.15, 0.2) is 12.1 Å². The van der Waals surface area contributed by atoms with Gasteiger partial charge in [0.05, 0.1) is 34.4 Å². The largest absolute Gasteiger partial charge is 0.477 e. The highest BCUT2D eigenvalue weighted by atomic mass is 16.6. The molecule has 0 aromatic rings. The second kappa shape index (κ2) is 43.4. The summed E-state index contributed by atoms with van der Waals surface area (Å²) in [6, 6.07) is -0.627. The average molecular weight is 855 g/mol. The fourth-order valence-electron chi connectivity index (χ4n) is 6.75. The zero-order chi connectivity index (χ0) is 44.9. The smallest absolute Gasteiger partial charge is 0.362 e. The molecule has 0 fully saturated rings. The van der Waals surface area contributed by atoms with E-state index >= 15 is 0 Å². The van der Waals surface area contributed by atoms with Crippen LogP contribution in [0.2, 0.25) is 0 Å². The van der Waals surface area contributed by atoms with E-state index < -0.39 is 18.1 Å². The molecule has 61 heavy (non-hydrogen) atoms. The minimum Gasteiger partial charge on any atom is -0.477 e. The van der Waals surface area contributed by atoms with Gasteiger partial charge in [0.25, 0.3) is 0 Å². The maximum atomic E-state index is 12.8. The molecule has 2 unspecified atom stereocenters. The lowest BCUT2D eigenvalue weighted by Gasteiger charge is -2.31. The number of carboxylic acid groups (broad SMARTS) is 1. The Bertz CT molecular complexity index is 1230. The first kappa shape index (κ1) is 57.8. The van der Waals surface area contributed by atoms with Crippen LogP contribution in [0.1, 0.15) is 194 Å². The first-order chi connectivity index (χ1) is 29.6. The summed E-state index contributed by atoms with van der Waals surface area (Å²) in [7, 11) is 5.51. The monoisotopic (exact) mass is 855 g/mol. The molecule has 2 atom stereocenters. The molecule has 0 aliphatic heterocycles. The number of hydrogen-bond donors (Lipinski definition) is 1. The maximum Gasteiger partial charge on any atom is 0.362 e. The summed E-state index contributed by atoms with van der Waals surface area (Å²) in [6.07, 6.45) is 55.2. The fraction of sp³-hybridized carbons (Fsp3) is 0.717. The molecule has 8 nitrogen and oxygen atoms in total. The molecule has 0 aromatic heterocycles. The van der Waals surface area contributed by atoms with E-state index in [9.17, 15) is 19.5 Å². The predicted octanol–water partition coefficient (Wildman–Crippen LogP) is 13.9. The predicted molar refractivity (Wildman–Crippen MR) is 257 cm³/mol. The van der Waals surface area contributed by atoms with E-state index in [0.717, 1.165) is 70.6 Å². The van der Waals surface area contributed by atoms with Crippen LogP contribution in [0.15, 0.2) is 72.9 Å². The quantitative estimate of drug-likeness (QED) is 0.0282. The summed E-state index contributed by atoms with van der Waals surface area (Å²) in [6.45, 7) is 4.65. The Hall–Kier alpha value is -3.23. The third kappa shape index (κ3) is 41.9. The van der Waals surface area contributed by atoms with Gasteiger partial charge in [-0.15, -0.1) is 0 Å². The fourth-order valence-corrected chi connectivity index (χ4v) is 6.75. The number of nitrogens with zero attached hydrogens (tertiary/aromatic N) is 1. The zero-order valence-electron chi connectivity index (χ0n) is 39.8. The van der Waals surface area contributed by atoms with Gasteiger partial charge < -0.3 is 23.8 Å². The molecule has 0 saturated heterocycles. The van der Waals surface area contributed by atoms with Crippen molar-refractivity contribution in [2.75, 3.05) is 41.0 Å². The summed E-state index contributed by atoms with van der Waals surface area (Å²) in [5, 5.41) is 9.64. The van der Waals surface area contributed by atoms with Gasteiger partial charge in [-0.2, -0.15) is 0 Å². The summed E-state index contributed by atoms with van der Waals surface area (Å²) in [5.74, 6) is -1.54. The van der Waals surface area contributed by atoms with Crippen LogP contribution in [0.5, 0.6) is 0 Å². The normalized spacial score (nSPS) is 13.5. The zero-order valence-corrected chi connectivity index (χ0v) is 39.8. The number of rotatable bonds is 43. The number of allylic oxidation sites excluding steroid dienone is 12. The molecule has 1 N–H and O–H groups in total. The molecule has 0 aliphatic carbocycles. The van der Waals surface area contributed by atoms with Crippen LogP contribution in [0.3, 0.4) is 0 Å². The van der Waals surface area contributed by atoms with Gasteiger partial charge in [0, 0.05) is 19.3 Å². The van der Waals surface area contributed by atoms with Gasteiger partial charge in [0.1, 0.15) is 6.61 Å². The number of quaternary nitrogens is 1. The van der Waals surface area contributed by atoms with Crippen molar-refractivity contribution < 1.29 is 38.2 Å². The molecule has 0 aliphatic rings. The Labute approximate surface area is 374 Å². The number of ether oxygens (including phenoxy) is 3. The van der Waals surface area contributed by atoms with Crippen LogP contribution in [-0.2, 0) is 28.6 Å². The molecule has 0 amide bonds. The number of unbranched alkanes of at least 4 members (excludes halogenated alkanes) is 17. The lowest BCUT2D eigenvalue weighted by atomic mass is 10.1. The highest BCUT2D eigenvalue weighted by molar-refractivity contribution is 5.72. The van der Waals surface area contributed by atoms with Crippen molar-refractivity contribution in [2.45, 2.75) is 206 Å². The Kier molecular flexibility index (Phi) is 41.1. The van der Waals surface area contributed by atoms with E-state index in [1.54, 1.807) is 0 Å². The molecular formula is C53H92NO7+. The summed E-state index contributed by atoms with van der Waals surface area (Å²) < 4.78 is 17.3. The van der Waals surface area contributed by atoms with Gasteiger partial charge >= 0.3 is 17.9 Å². The van der Waals surface area contributed by atoms with E-state index in [-0.39, 0.29) is 42.7 Å². The van der Waals surface area contributed by atoms with Crippen LogP contribution in [0.4, 0.5) is 0 Å². The van der Waals surface area contributed by atoms with Crippen molar-refractivity contribution in [2.24, 2.45) is 0 Å². The molecular weight excluding hydrogens is 763 g/mol. The van der Waals surface area contributed by atoms with Crippen LogP contribution in [0, 0.1) is 0 Å². The number of aliphatic carboxylic acids is 1. The number of hydrogen-bond acceptors (Lipinski definition) is 6. The van der Waals surface area contributed by atoms with E-state index in [4.69, 9.17) is 14.2 Å². The van der Waals surface area contributed by atoms with Gasteiger partial charge in [-0.05, 0) is 89.9 Å². The lowest BCUT2D eigenvalue weighted by molar-refractivity contribution is -0.887. The van der Waals surface area contributed by atoms with E-state index in [0.29, 0.717) is 19.3 Å². The van der Waals surface area contributed by atoms with Gasteiger partial charge in [0.2, 0.25) is 0 Å². The van der Waals surface area contributed by atoms with Crippen molar-refractivity contribution in [1.82, 2.24) is 0 Å². The maximum absolute atomic E-state index is 12.8. The Balaban J connectivity index is 4.40.